The van der Waals surface area contributed by atoms with Crippen molar-refractivity contribution in [2.24, 2.45) is 5.73 Å². The lowest BCUT2D eigenvalue weighted by molar-refractivity contribution is 0.250. The molecule has 0 fully saturated rings. The Morgan fingerprint density at radius 2 is 1.75 bits per heavy atom. The van der Waals surface area contributed by atoms with Gasteiger partial charge in [-0.15, -0.1) is 0 Å². The summed E-state index contributed by atoms with van der Waals surface area (Å²) in [7, 11) is 0. The predicted octanol–water partition coefficient (Wildman–Crippen LogP) is 2.24. The van der Waals surface area contributed by atoms with E-state index in [9.17, 15) is 4.79 Å². The van der Waals surface area contributed by atoms with Gasteiger partial charge in [0.2, 0.25) is 0 Å². The van der Waals surface area contributed by atoms with Gasteiger partial charge in [0.15, 0.2) is 0 Å². The molecular formula is C12H19N3O. The van der Waals surface area contributed by atoms with Crippen molar-refractivity contribution in [2.45, 2.75) is 32.9 Å². The lowest BCUT2D eigenvalue weighted by Gasteiger charge is -2.11. The fourth-order valence-electron chi connectivity index (χ4n) is 1.30. The van der Waals surface area contributed by atoms with Crippen LogP contribution in [0.15, 0.2) is 24.3 Å². The second kappa shape index (κ2) is 5.51. The largest absolute Gasteiger partial charge is 0.336 e. The van der Waals surface area contributed by atoms with Gasteiger partial charge in [0.1, 0.15) is 0 Å². The third-order valence-corrected chi connectivity index (χ3v) is 2.11. The SMILES string of the molecule is CC(C)NC(=O)Nc1ccc(C(C)N)cc1. The molecule has 0 bridgehead atoms. The van der Waals surface area contributed by atoms with E-state index >= 15 is 0 Å². The molecule has 1 rings (SSSR count). The van der Waals surface area contributed by atoms with Gasteiger partial charge in [-0.3, -0.25) is 0 Å². The van der Waals surface area contributed by atoms with E-state index in [2.05, 4.69) is 10.6 Å². The van der Waals surface area contributed by atoms with Crippen LogP contribution in [-0.2, 0) is 0 Å². The van der Waals surface area contributed by atoms with Gasteiger partial charge in [0.05, 0.1) is 0 Å². The zero-order chi connectivity index (χ0) is 12.1. The average molecular weight is 221 g/mol. The molecule has 0 saturated heterocycles. The Kier molecular flexibility index (Phi) is 4.31. The minimum atomic E-state index is -0.191. The van der Waals surface area contributed by atoms with Gasteiger partial charge in [-0.25, -0.2) is 4.79 Å². The van der Waals surface area contributed by atoms with Crippen molar-refractivity contribution in [2.75, 3.05) is 5.32 Å². The highest BCUT2D eigenvalue weighted by Gasteiger charge is 2.03. The summed E-state index contributed by atoms with van der Waals surface area (Å²) in [4.78, 5) is 11.4. The van der Waals surface area contributed by atoms with Crippen LogP contribution in [0.2, 0.25) is 0 Å². The molecule has 0 aromatic heterocycles. The highest BCUT2D eigenvalue weighted by Crippen LogP contribution is 2.13. The summed E-state index contributed by atoms with van der Waals surface area (Å²) < 4.78 is 0. The number of nitrogens with two attached hydrogens (primary N) is 1. The number of benzene rings is 1. The zero-order valence-electron chi connectivity index (χ0n) is 9.95. The van der Waals surface area contributed by atoms with E-state index in [1.807, 2.05) is 45.0 Å². The van der Waals surface area contributed by atoms with Crippen LogP contribution in [0.5, 0.6) is 0 Å². The molecular weight excluding hydrogens is 202 g/mol. The maximum Gasteiger partial charge on any atom is 0.319 e. The summed E-state index contributed by atoms with van der Waals surface area (Å²) >= 11 is 0. The highest BCUT2D eigenvalue weighted by atomic mass is 16.2. The van der Waals surface area contributed by atoms with Gasteiger partial charge in [0, 0.05) is 17.8 Å². The Morgan fingerprint density at radius 3 is 2.19 bits per heavy atom. The first kappa shape index (κ1) is 12.5. The standard InChI is InChI=1S/C12H19N3O/c1-8(2)14-12(16)15-11-6-4-10(5-7-11)9(3)13/h4-9H,13H2,1-3H3,(H2,14,15,16). The van der Waals surface area contributed by atoms with Gasteiger partial charge >= 0.3 is 6.03 Å². The van der Waals surface area contributed by atoms with Gasteiger partial charge in [-0.1, -0.05) is 12.1 Å². The Balaban J connectivity index is 2.58. The number of amides is 2. The molecule has 88 valence electrons. The summed E-state index contributed by atoms with van der Waals surface area (Å²) in [6.45, 7) is 5.76. The van der Waals surface area contributed by atoms with Crippen LogP contribution in [0, 0.1) is 0 Å². The molecule has 0 heterocycles. The Bertz CT molecular complexity index is 344. The number of urea groups is 1. The van der Waals surface area contributed by atoms with Crippen LogP contribution in [0.1, 0.15) is 32.4 Å². The van der Waals surface area contributed by atoms with E-state index in [-0.39, 0.29) is 18.1 Å². The maximum atomic E-state index is 11.4. The molecule has 4 heteroatoms. The molecule has 4 nitrogen and oxygen atoms in total. The zero-order valence-corrected chi connectivity index (χ0v) is 9.95. The topological polar surface area (TPSA) is 67.2 Å². The van der Waals surface area contributed by atoms with E-state index in [1.165, 1.54) is 0 Å². The molecule has 0 aliphatic rings. The summed E-state index contributed by atoms with van der Waals surface area (Å²) in [5.41, 5.74) is 7.55. The molecule has 0 spiro atoms. The Hall–Kier alpha value is -1.55. The first-order valence-corrected chi connectivity index (χ1v) is 5.42. The molecule has 0 radical (unpaired) electrons. The van der Waals surface area contributed by atoms with Gasteiger partial charge in [0.25, 0.3) is 0 Å². The maximum absolute atomic E-state index is 11.4. The van der Waals surface area contributed by atoms with Crippen molar-refractivity contribution in [3.05, 3.63) is 29.8 Å². The van der Waals surface area contributed by atoms with E-state index in [1.54, 1.807) is 0 Å². The highest BCUT2D eigenvalue weighted by molar-refractivity contribution is 5.89. The third-order valence-electron chi connectivity index (χ3n) is 2.11. The molecule has 1 unspecified atom stereocenters. The molecule has 4 N–H and O–H groups in total. The molecule has 1 aromatic carbocycles. The minimum absolute atomic E-state index is 0.0125. The van der Waals surface area contributed by atoms with Crippen molar-refractivity contribution < 1.29 is 4.79 Å². The second-order valence-corrected chi connectivity index (χ2v) is 4.16. The number of hydrogen-bond acceptors (Lipinski definition) is 2. The summed E-state index contributed by atoms with van der Waals surface area (Å²) in [6, 6.07) is 7.47. The molecule has 2 amide bonds. The molecule has 1 atom stereocenters. The van der Waals surface area contributed by atoms with Crippen molar-refractivity contribution in [3.63, 3.8) is 0 Å². The normalized spacial score (nSPS) is 12.3. The van der Waals surface area contributed by atoms with E-state index in [0.717, 1.165) is 11.3 Å². The quantitative estimate of drug-likeness (QED) is 0.732. The number of rotatable bonds is 3. The number of hydrogen-bond donors (Lipinski definition) is 3. The van der Waals surface area contributed by atoms with Crippen LogP contribution >= 0.6 is 0 Å². The average Bonchev–Trinajstić information content (AvgIpc) is 2.16. The predicted molar refractivity (Wildman–Crippen MR) is 66.3 cm³/mol. The monoisotopic (exact) mass is 221 g/mol. The van der Waals surface area contributed by atoms with E-state index < -0.39 is 0 Å². The van der Waals surface area contributed by atoms with Crippen LogP contribution < -0.4 is 16.4 Å². The molecule has 1 aromatic rings. The Labute approximate surface area is 96.2 Å². The van der Waals surface area contributed by atoms with Gasteiger partial charge in [-0.2, -0.15) is 0 Å². The van der Waals surface area contributed by atoms with E-state index in [4.69, 9.17) is 5.73 Å². The van der Waals surface area contributed by atoms with Crippen LogP contribution in [0.4, 0.5) is 10.5 Å². The fourth-order valence-corrected chi connectivity index (χ4v) is 1.30. The molecule has 16 heavy (non-hydrogen) atoms. The van der Waals surface area contributed by atoms with Crippen LogP contribution in [0.3, 0.4) is 0 Å². The van der Waals surface area contributed by atoms with Crippen molar-refractivity contribution >= 4 is 11.7 Å². The van der Waals surface area contributed by atoms with E-state index in [0.29, 0.717) is 0 Å². The van der Waals surface area contributed by atoms with Gasteiger partial charge < -0.3 is 16.4 Å². The summed E-state index contributed by atoms with van der Waals surface area (Å²) in [5, 5.41) is 5.50. The second-order valence-electron chi connectivity index (χ2n) is 4.16. The third kappa shape index (κ3) is 3.90. The number of carbonyl (C=O) groups is 1. The Morgan fingerprint density at radius 1 is 1.19 bits per heavy atom. The molecule has 0 saturated carbocycles. The lowest BCUT2D eigenvalue weighted by Crippen LogP contribution is -2.34. The smallest absolute Gasteiger partial charge is 0.319 e. The number of carbonyl (C=O) groups excluding carboxylic acids is 1. The first-order valence-electron chi connectivity index (χ1n) is 5.42. The van der Waals surface area contributed by atoms with Crippen molar-refractivity contribution in [3.8, 4) is 0 Å². The lowest BCUT2D eigenvalue weighted by atomic mass is 10.1. The molecule has 0 aliphatic carbocycles. The fraction of sp³-hybridized carbons (Fsp3) is 0.417. The minimum Gasteiger partial charge on any atom is -0.336 e. The van der Waals surface area contributed by atoms with Gasteiger partial charge in [-0.05, 0) is 38.5 Å². The van der Waals surface area contributed by atoms with Crippen LogP contribution in [-0.4, -0.2) is 12.1 Å². The summed E-state index contributed by atoms with van der Waals surface area (Å²) in [5.74, 6) is 0. The number of anilines is 1. The van der Waals surface area contributed by atoms with Crippen molar-refractivity contribution in [1.29, 1.82) is 0 Å². The number of nitrogens with one attached hydrogen (secondary N) is 2. The molecule has 0 aliphatic heterocycles. The summed E-state index contributed by atoms with van der Waals surface area (Å²) in [6.07, 6.45) is 0. The van der Waals surface area contributed by atoms with Crippen LogP contribution in [0.25, 0.3) is 0 Å². The first-order chi connectivity index (χ1) is 7.49. The van der Waals surface area contributed by atoms with Crippen molar-refractivity contribution in [1.82, 2.24) is 5.32 Å².